The van der Waals surface area contributed by atoms with Gasteiger partial charge in [-0.25, -0.2) is 0 Å². The highest BCUT2D eigenvalue weighted by Crippen LogP contribution is 2.14. The molecule has 0 aromatic carbocycles. The number of carbonyl (C=O) groups is 2. The van der Waals surface area contributed by atoms with Gasteiger partial charge in [-0.2, -0.15) is 0 Å². The van der Waals surface area contributed by atoms with Crippen LogP contribution in [-0.4, -0.2) is 17.0 Å². The molecule has 202 valence electrons. The van der Waals surface area contributed by atoms with Crippen LogP contribution in [0.3, 0.4) is 0 Å². The highest BCUT2D eigenvalue weighted by molar-refractivity contribution is 5.85. The second kappa shape index (κ2) is 31.7. The minimum absolute atomic E-state index is 0.330. The Morgan fingerprint density at radius 2 is 0.735 bits per heavy atom. The average molecular weight is 483 g/mol. The number of hydrogen-bond acceptors (Lipinski definition) is 4. The van der Waals surface area contributed by atoms with E-state index in [1.165, 1.54) is 116 Å². The molecule has 0 aliphatic heterocycles. The Balaban J connectivity index is 0. The normalized spacial score (nSPS) is 10.4. The summed E-state index contributed by atoms with van der Waals surface area (Å²) in [5, 5.41) is 7.33. The third-order valence-electron chi connectivity index (χ3n) is 6.20. The fourth-order valence-corrected chi connectivity index (χ4v) is 4.10. The number of ether oxygens (including phenoxy) is 1. The van der Waals surface area contributed by atoms with E-state index in [4.69, 9.17) is 9.84 Å². The molecule has 0 rings (SSSR count). The lowest BCUT2D eigenvalue weighted by Crippen LogP contribution is -2.11. The van der Waals surface area contributed by atoms with Gasteiger partial charge in [0.05, 0.1) is 6.26 Å². The van der Waals surface area contributed by atoms with Gasteiger partial charge in [-0.05, 0) is 12.8 Å². The largest absolute Gasteiger partial charge is 0.516 e. The summed E-state index contributed by atoms with van der Waals surface area (Å²) in [5.74, 6) is -0.659. The van der Waals surface area contributed by atoms with Crippen LogP contribution in [0.1, 0.15) is 168 Å². The fraction of sp³-hybridized carbons (Fsp3) is 0.867. The zero-order valence-electron chi connectivity index (χ0n) is 22.9. The summed E-state index contributed by atoms with van der Waals surface area (Å²) in [7, 11) is 0. The summed E-state index contributed by atoms with van der Waals surface area (Å²) in [6.45, 7) is 7.43. The van der Waals surface area contributed by atoms with Crippen LogP contribution in [0, 0.1) is 0 Å². The Morgan fingerprint density at radius 3 is 0.971 bits per heavy atom. The van der Waals surface area contributed by atoms with Crippen molar-refractivity contribution in [2.45, 2.75) is 168 Å². The molecule has 0 unspecified atom stereocenters. The van der Waals surface area contributed by atoms with Crippen LogP contribution in [0.2, 0.25) is 0 Å². The van der Waals surface area contributed by atoms with E-state index >= 15 is 0 Å². The molecule has 0 atom stereocenters. The van der Waals surface area contributed by atoms with E-state index in [0.717, 1.165) is 31.9 Å². The molecule has 0 fully saturated rings. The first-order chi connectivity index (χ1) is 16.6. The Hall–Kier alpha value is -1.32. The molecule has 0 amide bonds. The van der Waals surface area contributed by atoms with Crippen molar-refractivity contribution in [1.82, 2.24) is 0 Å². The smallest absolute Gasteiger partial charge is 0.313 e. The van der Waals surface area contributed by atoms with Crippen molar-refractivity contribution in [1.29, 1.82) is 0 Å². The Kier molecular flexibility index (Phi) is 32.5. The molecule has 0 heterocycles. The Morgan fingerprint density at radius 1 is 0.529 bits per heavy atom. The molecule has 34 heavy (non-hydrogen) atoms. The molecule has 4 heteroatoms. The van der Waals surface area contributed by atoms with Crippen molar-refractivity contribution in [3.05, 3.63) is 12.8 Å². The minimum Gasteiger partial charge on any atom is -0.516 e. The Labute approximate surface area is 212 Å². The number of aliphatic hydroxyl groups excluding tert-OH is 1. The van der Waals surface area contributed by atoms with E-state index < -0.39 is 0 Å². The maximum absolute atomic E-state index is 11.8. The van der Waals surface area contributed by atoms with E-state index in [-0.39, 0.29) is 11.9 Å². The molecule has 0 aromatic heterocycles. The molecule has 0 radical (unpaired) electrons. The number of esters is 2. The molecule has 0 saturated carbocycles. The standard InChI is InChI=1S/C28H54O3.C2H4O/c1-3-5-7-9-11-13-15-17-19-21-23-25-27(29)31-28(30)26-24-22-20-18-16-14-12-10-8-6-4-2;1-2-3/h3-26H2,1-2H3;2-3H,1H2. The van der Waals surface area contributed by atoms with Gasteiger partial charge in [-0.15, -0.1) is 0 Å². The second-order valence-corrected chi connectivity index (χ2v) is 9.60. The second-order valence-electron chi connectivity index (χ2n) is 9.60. The van der Waals surface area contributed by atoms with Crippen molar-refractivity contribution in [3.8, 4) is 0 Å². The van der Waals surface area contributed by atoms with Crippen molar-refractivity contribution in [2.75, 3.05) is 0 Å². The maximum atomic E-state index is 11.8. The van der Waals surface area contributed by atoms with Crippen molar-refractivity contribution >= 4 is 11.9 Å². The molecule has 0 spiro atoms. The van der Waals surface area contributed by atoms with Gasteiger partial charge < -0.3 is 9.84 Å². The highest BCUT2D eigenvalue weighted by Gasteiger charge is 2.09. The van der Waals surface area contributed by atoms with E-state index in [1.54, 1.807) is 0 Å². The monoisotopic (exact) mass is 482 g/mol. The van der Waals surface area contributed by atoms with Gasteiger partial charge in [0.25, 0.3) is 0 Å². The van der Waals surface area contributed by atoms with Gasteiger partial charge in [-0.1, -0.05) is 149 Å². The van der Waals surface area contributed by atoms with Gasteiger partial charge in [-0.3, -0.25) is 9.59 Å². The molecule has 4 nitrogen and oxygen atoms in total. The first-order valence-corrected chi connectivity index (χ1v) is 14.6. The summed E-state index contributed by atoms with van der Waals surface area (Å²) >= 11 is 0. The molecule has 0 aliphatic carbocycles. The van der Waals surface area contributed by atoms with Crippen LogP contribution in [0.4, 0.5) is 0 Å². The molecule has 0 aromatic rings. The number of aliphatic hydroxyl groups is 1. The summed E-state index contributed by atoms with van der Waals surface area (Å²) in [5.41, 5.74) is 0. The zero-order chi connectivity index (χ0) is 25.5. The van der Waals surface area contributed by atoms with Crippen molar-refractivity contribution in [3.63, 3.8) is 0 Å². The van der Waals surface area contributed by atoms with Crippen LogP contribution in [0.5, 0.6) is 0 Å². The van der Waals surface area contributed by atoms with Crippen LogP contribution >= 0.6 is 0 Å². The van der Waals surface area contributed by atoms with Crippen molar-refractivity contribution in [2.24, 2.45) is 0 Å². The molecule has 0 bridgehead atoms. The van der Waals surface area contributed by atoms with Crippen LogP contribution in [-0.2, 0) is 14.3 Å². The lowest BCUT2D eigenvalue weighted by Gasteiger charge is -2.05. The van der Waals surface area contributed by atoms with Crippen LogP contribution < -0.4 is 0 Å². The van der Waals surface area contributed by atoms with Gasteiger partial charge in [0.2, 0.25) is 0 Å². The highest BCUT2D eigenvalue weighted by atomic mass is 16.6. The number of rotatable bonds is 24. The lowest BCUT2D eigenvalue weighted by molar-refractivity contribution is -0.159. The van der Waals surface area contributed by atoms with Gasteiger partial charge in [0.15, 0.2) is 0 Å². The predicted octanol–water partition coefficient (Wildman–Crippen LogP) is 10.1. The average Bonchev–Trinajstić information content (AvgIpc) is 2.81. The topological polar surface area (TPSA) is 63.6 Å². The SMILES string of the molecule is C=CO.CCCCCCCCCCCCCC(=O)OC(=O)CCCCCCCCCCCCC. The van der Waals surface area contributed by atoms with Gasteiger partial charge >= 0.3 is 11.9 Å². The quantitative estimate of drug-likeness (QED) is 0.0643. The van der Waals surface area contributed by atoms with E-state index in [1.807, 2.05) is 0 Å². The molecule has 0 saturated heterocycles. The van der Waals surface area contributed by atoms with Crippen LogP contribution in [0.25, 0.3) is 0 Å². The van der Waals surface area contributed by atoms with E-state index in [9.17, 15) is 9.59 Å². The number of carbonyl (C=O) groups excluding carboxylic acids is 2. The lowest BCUT2D eigenvalue weighted by atomic mass is 10.1. The molecule has 0 aliphatic rings. The summed E-state index contributed by atoms with van der Waals surface area (Å²) in [4.78, 5) is 23.5. The molecular weight excluding hydrogens is 424 g/mol. The number of unbranched alkanes of at least 4 members (excludes halogenated alkanes) is 20. The number of hydrogen-bond donors (Lipinski definition) is 1. The van der Waals surface area contributed by atoms with Gasteiger partial charge in [0, 0.05) is 12.8 Å². The van der Waals surface area contributed by atoms with Crippen LogP contribution in [0.15, 0.2) is 12.8 Å². The third kappa shape index (κ3) is 32.9. The minimum atomic E-state index is -0.330. The summed E-state index contributed by atoms with van der Waals surface area (Å²) < 4.78 is 4.96. The first kappa shape index (κ1) is 34.8. The third-order valence-corrected chi connectivity index (χ3v) is 6.20. The summed E-state index contributed by atoms with van der Waals surface area (Å²) in [6, 6.07) is 0. The Bertz CT molecular complexity index is 398. The first-order valence-electron chi connectivity index (χ1n) is 14.6. The van der Waals surface area contributed by atoms with Crippen molar-refractivity contribution < 1.29 is 19.4 Å². The fourth-order valence-electron chi connectivity index (χ4n) is 4.10. The van der Waals surface area contributed by atoms with E-state index in [2.05, 4.69) is 20.4 Å². The van der Waals surface area contributed by atoms with Gasteiger partial charge in [0.1, 0.15) is 0 Å². The maximum Gasteiger partial charge on any atom is 0.313 e. The molecular formula is C30H58O4. The van der Waals surface area contributed by atoms with E-state index in [0.29, 0.717) is 12.8 Å². The molecule has 1 N–H and O–H groups in total. The zero-order valence-corrected chi connectivity index (χ0v) is 22.9. The summed E-state index contributed by atoms with van der Waals surface area (Å²) in [6.07, 6.45) is 29.2. The predicted molar refractivity (Wildman–Crippen MR) is 146 cm³/mol.